The molecule has 0 unspecified atom stereocenters. The highest BCUT2D eigenvalue weighted by Crippen LogP contribution is 2.40. The van der Waals surface area contributed by atoms with E-state index < -0.39 is 8.32 Å². The zero-order chi connectivity index (χ0) is 13.3. The topological polar surface area (TPSA) is 46.2 Å². The van der Waals surface area contributed by atoms with E-state index in [-0.39, 0.29) is 5.04 Å². The van der Waals surface area contributed by atoms with Crippen molar-refractivity contribution in [1.29, 1.82) is 0 Å². The van der Waals surface area contributed by atoms with E-state index in [0.717, 1.165) is 28.6 Å². The minimum atomic E-state index is -2.13. The van der Waals surface area contributed by atoms with Crippen molar-refractivity contribution in [3.63, 3.8) is 0 Å². The van der Waals surface area contributed by atoms with E-state index in [9.17, 15) is 4.80 Å². The van der Waals surface area contributed by atoms with E-state index in [1.54, 1.807) is 0 Å². The largest absolute Gasteiger partial charge is 0.432 e. The van der Waals surface area contributed by atoms with Gasteiger partial charge in [-0.2, -0.15) is 0 Å². The maximum atomic E-state index is 10.3. The number of anilines is 1. The molecule has 4 heteroatoms. The summed E-state index contributed by atoms with van der Waals surface area (Å²) in [5, 5.41) is -0.00524. The average Bonchev–Trinajstić information content (AvgIpc) is 2.15. The van der Waals surface area contributed by atoms with Crippen LogP contribution in [0.3, 0.4) is 0 Å². The summed E-state index contributed by atoms with van der Waals surface area (Å²) in [6.07, 6.45) is 1.85. The molecule has 0 saturated carbocycles. The highest BCUT2D eigenvalue weighted by atomic mass is 79.9. The molecule has 17 heavy (non-hydrogen) atoms. The Morgan fingerprint density at radius 1 is 1.35 bits per heavy atom. The molecule has 0 radical (unpaired) electrons. The second-order valence-electron chi connectivity index (χ2n) is 5.75. The molecule has 1 aromatic carbocycles. The van der Waals surface area contributed by atoms with Gasteiger partial charge >= 0.3 is 0 Å². The molecule has 0 fully saturated rings. The molecule has 1 aromatic rings. The Bertz CT molecular complexity index is 379. The molecule has 0 atom stereocenters. The Morgan fingerprint density at radius 3 is 2.41 bits per heavy atom. The van der Waals surface area contributed by atoms with Crippen LogP contribution in [-0.2, 0) is 6.42 Å². The van der Waals surface area contributed by atoms with Gasteiger partial charge in [0.1, 0.15) is 0 Å². The summed E-state index contributed by atoms with van der Waals surface area (Å²) in [5.41, 5.74) is 7.96. The molecule has 0 saturated heterocycles. The highest BCUT2D eigenvalue weighted by molar-refractivity contribution is 9.10. The lowest BCUT2D eigenvalue weighted by Crippen LogP contribution is -2.39. The third kappa shape index (κ3) is 3.57. The Labute approximate surface area is 113 Å². The molecule has 0 aliphatic heterocycles. The first-order valence-electron chi connectivity index (χ1n) is 5.90. The van der Waals surface area contributed by atoms with Crippen LogP contribution in [0, 0.1) is 0 Å². The van der Waals surface area contributed by atoms with Crippen molar-refractivity contribution in [2.45, 2.75) is 44.8 Å². The fourth-order valence-corrected chi connectivity index (χ4v) is 2.90. The minimum absolute atomic E-state index is 0.00524. The maximum Gasteiger partial charge on any atom is 0.188 e. The van der Waals surface area contributed by atoms with Crippen LogP contribution in [0.2, 0.25) is 18.1 Å². The van der Waals surface area contributed by atoms with Gasteiger partial charge in [0, 0.05) is 10.2 Å². The molecule has 0 heterocycles. The summed E-state index contributed by atoms with van der Waals surface area (Å²) in [6, 6.07) is 5.88. The SMILES string of the molecule is CC(C)(CCc1c(N)cccc1Br)[Si](C)(C)O. The van der Waals surface area contributed by atoms with Crippen molar-refractivity contribution in [2.24, 2.45) is 0 Å². The first-order chi connectivity index (χ1) is 7.65. The molecule has 0 aliphatic carbocycles. The smallest absolute Gasteiger partial charge is 0.188 e. The second kappa shape index (κ2) is 5.12. The van der Waals surface area contributed by atoms with Gasteiger partial charge in [0.15, 0.2) is 8.32 Å². The minimum Gasteiger partial charge on any atom is -0.432 e. The average molecular weight is 316 g/mol. The van der Waals surface area contributed by atoms with Gasteiger partial charge in [-0.1, -0.05) is 35.8 Å². The van der Waals surface area contributed by atoms with Gasteiger partial charge in [0.2, 0.25) is 0 Å². The maximum absolute atomic E-state index is 10.3. The fraction of sp³-hybridized carbons (Fsp3) is 0.538. The van der Waals surface area contributed by atoms with Crippen molar-refractivity contribution < 1.29 is 4.80 Å². The number of benzene rings is 1. The van der Waals surface area contributed by atoms with Gasteiger partial charge in [-0.05, 0) is 48.7 Å². The summed E-state index contributed by atoms with van der Waals surface area (Å²) < 4.78 is 1.06. The summed E-state index contributed by atoms with van der Waals surface area (Å²) in [5.74, 6) is 0. The van der Waals surface area contributed by atoms with Crippen LogP contribution in [0.4, 0.5) is 5.69 Å². The summed E-state index contributed by atoms with van der Waals surface area (Å²) >= 11 is 3.53. The number of nitrogens with two attached hydrogens (primary N) is 1. The standard InChI is InChI=1S/C13H22BrNOSi/c1-13(2,17(3,4)16)9-8-10-11(14)6-5-7-12(10)15/h5-7,16H,8-9,15H2,1-4H3. The summed E-state index contributed by atoms with van der Waals surface area (Å²) in [4.78, 5) is 10.3. The van der Waals surface area contributed by atoms with Crippen LogP contribution in [-0.4, -0.2) is 13.1 Å². The molecule has 3 N–H and O–H groups in total. The van der Waals surface area contributed by atoms with Crippen LogP contribution < -0.4 is 5.73 Å². The third-order valence-corrected chi connectivity index (χ3v) is 8.12. The van der Waals surface area contributed by atoms with Gasteiger partial charge in [0.05, 0.1) is 0 Å². The molecule has 0 aromatic heterocycles. The number of rotatable bonds is 4. The van der Waals surface area contributed by atoms with Crippen molar-refractivity contribution >= 4 is 29.9 Å². The van der Waals surface area contributed by atoms with E-state index in [1.807, 2.05) is 31.3 Å². The van der Waals surface area contributed by atoms with E-state index >= 15 is 0 Å². The molecule has 0 aliphatic rings. The molecular formula is C13H22BrNOSi. The number of halogens is 1. The summed E-state index contributed by atoms with van der Waals surface area (Å²) in [7, 11) is -2.13. The fourth-order valence-electron chi connectivity index (χ4n) is 1.58. The third-order valence-electron chi connectivity index (χ3n) is 3.81. The van der Waals surface area contributed by atoms with E-state index in [2.05, 4.69) is 29.8 Å². The Kier molecular flexibility index (Phi) is 4.44. The second-order valence-corrected chi connectivity index (χ2v) is 11.1. The molecule has 0 spiro atoms. The molecular weight excluding hydrogens is 294 g/mol. The normalized spacial score (nSPS) is 12.8. The highest BCUT2D eigenvalue weighted by Gasteiger charge is 2.37. The van der Waals surface area contributed by atoms with Crippen LogP contribution in [0.25, 0.3) is 0 Å². The summed E-state index contributed by atoms with van der Waals surface area (Å²) in [6.45, 7) is 8.28. The molecule has 2 nitrogen and oxygen atoms in total. The van der Waals surface area contributed by atoms with Crippen LogP contribution in [0.1, 0.15) is 25.8 Å². The number of hydrogen-bond donors (Lipinski definition) is 2. The van der Waals surface area contributed by atoms with Gasteiger partial charge in [-0.3, -0.25) is 0 Å². The Hall–Kier alpha value is -0.323. The molecule has 0 amide bonds. The number of nitrogen functional groups attached to an aromatic ring is 1. The Balaban J connectivity index is 2.81. The van der Waals surface area contributed by atoms with Crippen molar-refractivity contribution in [2.75, 3.05) is 5.73 Å². The lowest BCUT2D eigenvalue weighted by molar-refractivity contribution is 0.451. The van der Waals surface area contributed by atoms with Crippen LogP contribution in [0.15, 0.2) is 22.7 Å². The first-order valence-corrected chi connectivity index (χ1v) is 9.64. The van der Waals surface area contributed by atoms with Crippen LogP contribution >= 0.6 is 15.9 Å². The van der Waals surface area contributed by atoms with E-state index in [1.165, 1.54) is 0 Å². The Morgan fingerprint density at radius 2 is 1.94 bits per heavy atom. The number of hydrogen-bond acceptors (Lipinski definition) is 2. The zero-order valence-electron chi connectivity index (χ0n) is 11.0. The van der Waals surface area contributed by atoms with Gasteiger partial charge in [0.25, 0.3) is 0 Å². The van der Waals surface area contributed by atoms with Crippen molar-refractivity contribution in [3.8, 4) is 0 Å². The monoisotopic (exact) mass is 315 g/mol. The van der Waals surface area contributed by atoms with Gasteiger partial charge < -0.3 is 10.5 Å². The van der Waals surface area contributed by atoms with E-state index in [0.29, 0.717) is 0 Å². The lowest BCUT2D eigenvalue weighted by Gasteiger charge is -2.35. The molecule has 96 valence electrons. The quantitative estimate of drug-likeness (QED) is 0.653. The predicted octanol–water partition coefficient (Wildman–Crippen LogP) is 3.94. The lowest BCUT2D eigenvalue weighted by atomic mass is 10.0. The van der Waals surface area contributed by atoms with E-state index in [4.69, 9.17) is 5.73 Å². The molecule has 1 rings (SSSR count). The van der Waals surface area contributed by atoms with Crippen molar-refractivity contribution in [3.05, 3.63) is 28.2 Å². The van der Waals surface area contributed by atoms with Crippen molar-refractivity contribution in [1.82, 2.24) is 0 Å². The molecule has 0 bridgehead atoms. The zero-order valence-corrected chi connectivity index (χ0v) is 13.6. The predicted molar refractivity (Wildman–Crippen MR) is 80.6 cm³/mol. The first kappa shape index (κ1) is 14.7. The van der Waals surface area contributed by atoms with Gasteiger partial charge in [-0.15, -0.1) is 0 Å². The van der Waals surface area contributed by atoms with Gasteiger partial charge in [-0.25, -0.2) is 0 Å². The van der Waals surface area contributed by atoms with Crippen LogP contribution in [0.5, 0.6) is 0 Å².